The lowest BCUT2D eigenvalue weighted by Gasteiger charge is -2.31. The van der Waals surface area contributed by atoms with Crippen molar-refractivity contribution in [1.29, 1.82) is 0 Å². The fourth-order valence-corrected chi connectivity index (χ4v) is 5.36. The van der Waals surface area contributed by atoms with E-state index in [2.05, 4.69) is 0 Å². The fourth-order valence-electron chi connectivity index (χ4n) is 3.60. The van der Waals surface area contributed by atoms with Crippen LogP contribution in [0.25, 0.3) is 0 Å². The first kappa shape index (κ1) is 19.6. The molecule has 1 aliphatic carbocycles. The minimum absolute atomic E-state index is 0.0130. The van der Waals surface area contributed by atoms with Crippen LogP contribution in [0.2, 0.25) is 5.02 Å². The van der Waals surface area contributed by atoms with Gasteiger partial charge in [-0.05, 0) is 24.8 Å². The molecule has 0 N–H and O–H groups in total. The number of carbonyl (C=O) groups is 2. The third kappa shape index (κ3) is 4.20. The minimum Gasteiger partial charge on any atom is -0.464 e. The number of rotatable bonds is 5. The van der Waals surface area contributed by atoms with Crippen molar-refractivity contribution in [2.24, 2.45) is 11.8 Å². The zero-order valence-electron chi connectivity index (χ0n) is 15.3. The lowest BCUT2D eigenvalue weighted by molar-refractivity contribution is -0.156. The highest BCUT2D eigenvalue weighted by Crippen LogP contribution is 2.45. The summed E-state index contributed by atoms with van der Waals surface area (Å²) in [6.07, 6.45) is 3.97. The monoisotopic (exact) mass is 395 g/mol. The molecule has 142 valence electrons. The summed E-state index contributed by atoms with van der Waals surface area (Å²) in [5.41, 5.74) is 0.893. The molecule has 0 spiro atoms. The van der Waals surface area contributed by atoms with Crippen LogP contribution in [0.1, 0.15) is 50.5 Å². The Hall–Kier alpha value is -1.20. The van der Waals surface area contributed by atoms with Crippen molar-refractivity contribution in [3.05, 3.63) is 34.9 Å². The van der Waals surface area contributed by atoms with E-state index in [0.29, 0.717) is 17.4 Å². The van der Waals surface area contributed by atoms with Crippen molar-refractivity contribution >= 4 is 35.2 Å². The van der Waals surface area contributed by atoms with Crippen LogP contribution in [0.5, 0.6) is 0 Å². The summed E-state index contributed by atoms with van der Waals surface area (Å²) in [4.78, 5) is 27.7. The second-order valence-corrected chi connectivity index (χ2v) is 8.99. The van der Waals surface area contributed by atoms with Crippen LogP contribution in [0.3, 0.4) is 0 Å². The lowest BCUT2D eigenvalue weighted by Crippen LogP contribution is -2.46. The number of benzene rings is 1. The summed E-state index contributed by atoms with van der Waals surface area (Å²) in [6.45, 7) is 4.39. The first-order valence-electron chi connectivity index (χ1n) is 9.34. The Balaban J connectivity index is 1.86. The van der Waals surface area contributed by atoms with Crippen LogP contribution in [0, 0.1) is 11.8 Å². The molecule has 2 atom stereocenters. The topological polar surface area (TPSA) is 46.6 Å². The third-order valence-electron chi connectivity index (χ3n) is 4.96. The van der Waals surface area contributed by atoms with E-state index in [1.807, 2.05) is 38.1 Å². The van der Waals surface area contributed by atoms with Gasteiger partial charge in [0, 0.05) is 22.3 Å². The molecule has 1 amide bonds. The Morgan fingerprint density at radius 2 is 1.96 bits per heavy atom. The van der Waals surface area contributed by atoms with Gasteiger partial charge in [0.1, 0.15) is 11.4 Å². The van der Waals surface area contributed by atoms with E-state index in [4.69, 9.17) is 16.3 Å². The average Bonchev–Trinajstić information content (AvgIpc) is 3.29. The quantitative estimate of drug-likeness (QED) is 0.679. The predicted molar refractivity (Wildman–Crippen MR) is 105 cm³/mol. The van der Waals surface area contributed by atoms with Gasteiger partial charge >= 0.3 is 5.97 Å². The minimum atomic E-state index is -0.534. The number of thioether (sulfide) groups is 1. The first-order valence-corrected chi connectivity index (χ1v) is 10.8. The smallest absolute Gasteiger partial charge is 0.329 e. The Labute approximate surface area is 164 Å². The molecule has 1 aromatic carbocycles. The van der Waals surface area contributed by atoms with E-state index in [1.54, 1.807) is 16.7 Å². The second kappa shape index (κ2) is 8.66. The van der Waals surface area contributed by atoms with Gasteiger partial charge in [-0.3, -0.25) is 4.79 Å². The summed E-state index contributed by atoms with van der Waals surface area (Å²) < 4.78 is 5.47. The van der Waals surface area contributed by atoms with Crippen molar-refractivity contribution in [2.75, 3.05) is 12.4 Å². The van der Waals surface area contributed by atoms with Gasteiger partial charge in [0.2, 0.25) is 5.91 Å². The zero-order chi connectivity index (χ0) is 18.7. The van der Waals surface area contributed by atoms with Crippen molar-refractivity contribution in [3.8, 4) is 0 Å². The molecule has 1 aromatic rings. The number of nitrogens with zero attached hydrogens (tertiary/aromatic N) is 1. The Bertz CT molecular complexity index is 660. The molecule has 0 bridgehead atoms. The summed E-state index contributed by atoms with van der Waals surface area (Å²) in [5.74, 6) is 0.604. The predicted octanol–water partition coefficient (Wildman–Crippen LogP) is 4.67. The van der Waals surface area contributed by atoms with E-state index in [1.165, 1.54) is 0 Å². The molecule has 0 unspecified atom stereocenters. The Kier molecular flexibility index (Phi) is 6.51. The summed E-state index contributed by atoms with van der Waals surface area (Å²) in [6, 6.07) is 7.04. The van der Waals surface area contributed by atoms with E-state index in [-0.39, 0.29) is 29.1 Å². The number of halogens is 1. The average molecular weight is 396 g/mol. The molecule has 1 saturated carbocycles. The third-order valence-corrected chi connectivity index (χ3v) is 6.61. The molecule has 3 rings (SSSR count). The molecule has 2 fully saturated rings. The van der Waals surface area contributed by atoms with Gasteiger partial charge in [-0.15, -0.1) is 11.8 Å². The highest BCUT2D eigenvalue weighted by molar-refractivity contribution is 7.99. The van der Waals surface area contributed by atoms with E-state index in [0.717, 1.165) is 31.2 Å². The maximum atomic E-state index is 13.3. The van der Waals surface area contributed by atoms with Crippen LogP contribution >= 0.6 is 23.4 Å². The SMILES string of the molecule is CC(C)COC(=O)[C@H]1CS[C@@H](c2ccccc2Cl)N1C(=O)C1CCCC1. The highest BCUT2D eigenvalue weighted by atomic mass is 35.5. The van der Waals surface area contributed by atoms with Crippen LogP contribution in [0.4, 0.5) is 0 Å². The number of carbonyl (C=O) groups excluding carboxylic acids is 2. The molecular formula is C20H26ClNO3S. The molecular weight excluding hydrogens is 370 g/mol. The molecule has 0 radical (unpaired) electrons. The molecule has 1 heterocycles. The second-order valence-electron chi connectivity index (χ2n) is 7.47. The van der Waals surface area contributed by atoms with E-state index < -0.39 is 6.04 Å². The highest BCUT2D eigenvalue weighted by Gasteiger charge is 2.45. The van der Waals surface area contributed by atoms with Gasteiger partial charge in [-0.2, -0.15) is 0 Å². The standard InChI is InChI=1S/C20H26ClNO3S/c1-13(2)11-25-20(24)17-12-26-19(15-9-5-6-10-16(15)21)22(17)18(23)14-7-3-4-8-14/h5-6,9-10,13-14,17,19H,3-4,7-8,11-12H2,1-2H3/t17-,19+/m1/s1. The van der Waals surface area contributed by atoms with Crippen molar-refractivity contribution in [2.45, 2.75) is 50.9 Å². The van der Waals surface area contributed by atoms with Gasteiger partial charge in [-0.1, -0.05) is 56.5 Å². The number of esters is 1. The van der Waals surface area contributed by atoms with Crippen molar-refractivity contribution in [3.63, 3.8) is 0 Å². The van der Waals surface area contributed by atoms with Crippen LogP contribution in [0.15, 0.2) is 24.3 Å². The van der Waals surface area contributed by atoms with Crippen LogP contribution in [-0.4, -0.2) is 35.2 Å². The van der Waals surface area contributed by atoms with Crippen LogP contribution in [-0.2, 0) is 14.3 Å². The number of hydrogen-bond donors (Lipinski definition) is 0. The van der Waals surface area contributed by atoms with Crippen molar-refractivity contribution in [1.82, 2.24) is 4.90 Å². The van der Waals surface area contributed by atoms with Gasteiger partial charge in [-0.25, -0.2) is 4.79 Å². The summed E-state index contributed by atoms with van der Waals surface area (Å²) in [5, 5.41) is 0.402. The summed E-state index contributed by atoms with van der Waals surface area (Å²) >= 11 is 7.99. The normalized spacial score (nSPS) is 23.6. The van der Waals surface area contributed by atoms with E-state index in [9.17, 15) is 9.59 Å². The van der Waals surface area contributed by atoms with Gasteiger partial charge in [0.15, 0.2) is 0 Å². The number of amides is 1. The molecule has 1 saturated heterocycles. The largest absolute Gasteiger partial charge is 0.464 e. The Morgan fingerprint density at radius 3 is 2.62 bits per heavy atom. The maximum Gasteiger partial charge on any atom is 0.329 e. The fraction of sp³-hybridized carbons (Fsp3) is 0.600. The maximum absolute atomic E-state index is 13.3. The number of hydrogen-bond acceptors (Lipinski definition) is 4. The molecule has 6 heteroatoms. The molecule has 26 heavy (non-hydrogen) atoms. The number of ether oxygens (including phenoxy) is 1. The van der Waals surface area contributed by atoms with Gasteiger partial charge in [0.25, 0.3) is 0 Å². The van der Waals surface area contributed by atoms with Crippen LogP contribution < -0.4 is 0 Å². The summed E-state index contributed by atoms with van der Waals surface area (Å²) in [7, 11) is 0. The van der Waals surface area contributed by atoms with Gasteiger partial charge in [0.05, 0.1) is 6.61 Å². The molecule has 1 aliphatic heterocycles. The molecule has 4 nitrogen and oxygen atoms in total. The lowest BCUT2D eigenvalue weighted by atomic mass is 10.0. The Morgan fingerprint density at radius 1 is 1.27 bits per heavy atom. The van der Waals surface area contributed by atoms with Crippen molar-refractivity contribution < 1.29 is 14.3 Å². The molecule has 0 aromatic heterocycles. The van der Waals surface area contributed by atoms with E-state index >= 15 is 0 Å². The zero-order valence-corrected chi connectivity index (χ0v) is 16.9. The first-order chi connectivity index (χ1) is 12.5. The molecule has 2 aliphatic rings. The van der Waals surface area contributed by atoms with Gasteiger partial charge < -0.3 is 9.64 Å².